The van der Waals surface area contributed by atoms with Crippen LogP contribution in [0.2, 0.25) is 5.02 Å². The van der Waals surface area contributed by atoms with E-state index in [4.69, 9.17) is 26.8 Å². The molecule has 0 fully saturated rings. The minimum atomic E-state index is -0.944. The van der Waals surface area contributed by atoms with E-state index in [-0.39, 0.29) is 39.9 Å². The molecule has 0 saturated carbocycles. The normalized spacial score (nSPS) is 13.2. The predicted molar refractivity (Wildman–Crippen MR) is 107 cm³/mol. The molecule has 0 bridgehead atoms. The molecule has 0 amide bonds. The van der Waals surface area contributed by atoms with Crippen molar-refractivity contribution in [1.82, 2.24) is 4.98 Å². The first-order valence-corrected chi connectivity index (χ1v) is 9.23. The van der Waals surface area contributed by atoms with E-state index in [0.717, 1.165) is 18.4 Å². The Morgan fingerprint density at radius 3 is 2.69 bits per heavy atom. The molecule has 0 unspecified atom stereocenters. The SMILES string of the molecule is COc1c(Cl)ccc(-c2nc(C(=O)OCC3=CCCC=C3)c(C)c(N)c2F)c1F. The number of methoxy groups -OCH3 is 1. The molecule has 152 valence electrons. The lowest BCUT2D eigenvalue weighted by Gasteiger charge is -2.15. The van der Waals surface area contributed by atoms with Gasteiger partial charge in [0.2, 0.25) is 0 Å². The van der Waals surface area contributed by atoms with Crippen molar-refractivity contribution in [1.29, 1.82) is 0 Å². The Morgan fingerprint density at radius 1 is 1.28 bits per heavy atom. The maximum atomic E-state index is 14.8. The van der Waals surface area contributed by atoms with Crippen molar-refractivity contribution in [2.45, 2.75) is 19.8 Å². The number of hydrogen-bond donors (Lipinski definition) is 1. The van der Waals surface area contributed by atoms with Gasteiger partial charge in [-0.25, -0.2) is 18.6 Å². The molecule has 0 radical (unpaired) electrons. The number of halogens is 3. The van der Waals surface area contributed by atoms with Crippen molar-refractivity contribution in [2.24, 2.45) is 0 Å². The first-order valence-electron chi connectivity index (χ1n) is 8.85. The molecule has 3 rings (SSSR count). The number of aromatic nitrogens is 1. The third-order valence-electron chi connectivity index (χ3n) is 4.57. The molecule has 1 aliphatic carbocycles. The minimum absolute atomic E-state index is 0.0164. The molecule has 29 heavy (non-hydrogen) atoms. The number of carbonyl (C=O) groups is 1. The van der Waals surface area contributed by atoms with E-state index in [1.54, 1.807) is 0 Å². The maximum absolute atomic E-state index is 14.8. The Bertz CT molecular complexity index is 1040. The van der Waals surface area contributed by atoms with E-state index in [2.05, 4.69) is 4.98 Å². The second-order valence-electron chi connectivity index (χ2n) is 6.44. The molecule has 2 aromatic rings. The number of hydrogen-bond acceptors (Lipinski definition) is 5. The van der Waals surface area contributed by atoms with E-state index in [1.165, 1.54) is 26.2 Å². The van der Waals surface area contributed by atoms with Crippen LogP contribution in [0.15, 0.2) is 35.9 Å². The van der Waals surface area contributed by atoms with Crippen LogP contribution in [-0.4, -0.2) is 24.7 Å². The van der Waals surface area contributed by atoms with E-state index < -0.39 is 23.3 Å². The lowest BCUT2D eigenvalue weighted by molar-refractivity contribution is 0.0534. The second kappa shape index (κ2) is 8.61. The monoisotopic (exact) mass is 420 g/mol. The molecule has 1 aliphatic rings. The number of carbonyl (C=O) groups excluding carboxylic acids is 1. The Morgan fingerprint density at radius 2 is 2.03 bits per heavy atom. The van der Waals surface area contributed by atoms with Crippen LogP contribution in [0.3, 0.4) is 0 Å². The van der Waals surface area contributed by atoms with Crippen LogP contribution >= 0.6 is 11.6 Å². The van der Waals surface area contributed by atoms with Gasteiger partial charge in [-0.2, -0.15) is 0 Å². The first kappa shape index (κ1) is 20.8. The Balaban J connectivity index is 2.00. The Kier molecular flexibility index (Phi) is 6.17. The zero-order valence-electron chi connectivity index (χ0n) is 15.9. The van der Waals surface area contributed by atoms with Gasteiger partial charge in [0.15, 0.2) is 23.1 Å². The van der Waals surface area contributed by atoms with Crippen LogP contribution in [0.1, 0.15) is 28.9 Å². The standard InChI is InChI=1S/C21H19ClF2N2O3/c1-11-17(25)16(24)19(13-8-9-14(22)20(28-2)15(13)23)26-18(11)21(27)29-10-12-6-4-3-5-7-12/h4,6-9H,3,5,10H2,1-2H3,(H2,25,26). The average molecular weight is 421 g/mol. The van der Waals surface area contributed by atoms with Gasteiger partial charge in [0, 0.05) is 11.1 Å². The highest BCUT2D eigenvalue weighted by atomic mass is 35.5. The Hall–Kier alpha value is -2.93. The van der Waals surface area contributed by atoms with E-state index in [1.807, 2.05) is 18.2 Å². The lowest BCUT2D eigenvalue weighted by atomic mass is 10.0. The van der Waals surface area contributed by atoms with Gasteiger partial charge in [0.25, 0.3) is 0 Å². The van der Waals surface area contributed by atoms with Crippen molar-refractivity contribution in [3.63, 3.8) is 0 Å². The largest absolute Gasteiger partial charge is 0.492 e. The van der Waals surface area contributed by atoms with Gasteiger partial charge < -0.3 is 15.2 Å². The van der Waals surface area contributed by atoms with Crippen molar-refractivity contribution in [3.05, 3.63) is 63.8 Å². The van der Waals surface area contributed by atoms with Crippen molar-refractivity contribution >= 4 is 23.3 Å². The quantitative estimate of drug-likeness (QED) is 0.688. The van der Waals surface area contributed by atoms with Crippen LogP contribution in [0.5, 0.6) is 5.75 Å². The predicted octanol–water partition coefficient (Wildman–Crippen LogP) is 5.01. The van der Waals surface area contributed by atoms with Crippen molar-refractivity contribution < 1.29 is 23.0 Å². The topological polar surface area (TPSA) is 74.4 Å². The number of pyridine rings is 1. The summed E-state index contributed by atoms with van der Waals surface area (Å²) in [4.78, 5) is 16.6. The fraction of sp³-hybridized carbons (Fsp3) is 0.238. The molecular weight excluding hydrogens is 402 g/mol. The van der Waals surface area contributed by atoms with E-state index >= 15 is 0 Å². The number of anilines is 1. The molecule has 1 aromatic heterocycles. The van der Waals surface area contributed by atoms with Gasteiger partial charge in [0.1, 0.15) is 12.3 Å². The maximum Gasteiger partial charge on any atom is 0.357 e. The molecule has 2 N–H and O–H groups in total. The summed E-state index contributed by atoms with van der Waals surface area (Å²) < 4.78 is 39.8. The number of rotatable bonds is 5. The molecule has 1 aromatic carbocycles. The summed E-state index contributed by atoms with van der Waals surface area (Å²) in [5.41, 5.74) is 5.63. The summed E-state index contributed by atoms with van der Waals surface area (Å²) in [5, 5.41) is 0.0164. The summed E-state index contributed by atoms with van der Waals surface area (Å²) in [6, 6.07) is 2.59. The minimum Gasteiger partial charge on any atom is -0.492 e. The third-order valence-corrected chi connectivity index (χ3v) is 4.87. The molecular formula is C21H19ClF2N2O3. The first-order chi connectivity index (χ1) is 13.8. The number of nitrogens with two attached hydrogens (primary N) is 1. The van der Waals surface area contributed by atoms with Crippen LogP contribution in [0, 0.1) is 18.6 Å². The van der Waals surface area contributed by atoms with Gasteiger partial charge in [-0.1, -0.05) is 29.8 Å². The zero-order valence-corrected chi connectivity index (χ0v) is 16.6. The average Bonchev–Trinajstić information content (AvgIpc) is 2.72. The van der Waals surface area contributed by atoms with Crippen LogP contribution in [0.4, 0.5) is 14.5 Å². The molecule has 5 nitrogen and oxygen atoms in total. The molecule has 1 heterocycles. The van der Waals surface area contributed by atoms with E-state index in [9.17, 15) is 13.6 Å². The van der Waals surface area contributed by atoms with Crippen LogP contribution < -0.4 is 10.5 Å². The summed E-state index contributed by atoms with van der Waals surface area (Å²) in [7, 11) is 1.23. The molecule has 0 saturated heterocycles. The summed E-state index contributed by atoms with van der Waals surface area (Å²) in [6.45, 7) is 1.50. The number of nitrogens with zero attached hydrogens (tertiary/aromatic N) is 1. The molecule has 0 aliphatic heterocycles. The number of ether oxygens (including phenoxy) is 2. The smallest absolute Gasteiger partial charge is 0.357 e. The second-order valence-corrected chi connectivity index (χ2v) is 6.85. The summed E-state index contributed by atoms with van der Waals surface area (Å²) in [5.74, 6) is -2.90. The molecule has 0 spiro atoms. The Labute approximate surface area is 171 Å². The lowest BCUT2D eigenvalue weighted by Crippen LogP contribution is -2.15. The molecule has 8 heteroatoms. The van der Waals surface area contributed by atoms with Crippen LogP contribution in [-0.2, 0) is 4.74 Å². The third kappa shape index (κ3) is 4.10. The highest BCUT2D eigenvalue weighted by molar-refractivity contribution is 6.32. The highest BCUT2D eigenvalue weighted by Gasteiger charge is 2.25. The van der Waals surface area contributed by atoms with Gasteiger partial charge in [-0.05, 0) is 37.5 Å². The zero-order chi connectivity index (χ0) is 21.1. The van der Waals surface area contributed by atoms with Crippen molar-refractivity contribution in [2.75, 3.05) is 19.5 Å². The fourth-order valence-electron chi connectivity index (χ4n) is 2.94. The fourth-order valence-corrected chi connectivity index (χ4v) is 3.16. The highest BCUT2D eigenvalue weighted by Crippen LogP contribution is 2.37. The van der Waals surface area contributed by atoms with Gasteiger partial charge in [-0.3, -0.25) is 0 Å². The van der Waals surface area contributed by atoms with Gasteiger partial charge in [-0.15, -0.1) is 0 Å². The van der Waals surface area contributed by atoms with Gasteiger partial charge in [0.05, 0.1) is 17.8 Å². The summed E-state index contributed by atoms with van der Waals surface area (Å²) >= 11 is 5.89. The van der Waals surface area contributed by atoms with Gasteiger partial charge >= 0.3 is 5.97 Å². The van der Waals surface area contributed by atoms with E-state index in [0.29, 0.717) is 0 Å². The molecule has 0 atom stereocenters. The van der Waals surface area contributed by atoms with Crippen molar-refractivity contribution in [3.8, 4) is 17.0 Å². The number of esters is 1. The number of benzene rings is 1. The number of nitrogen functional groups attached to an aromatic ring is 1. The summed E-state index contributed by atoms with van der Waals surface area (Å²) in [6.07, 6.45) is 7.62. The number of allylic oxidation sites excluding steroid dienone is 2. The van der Waals surface area contributed by atoms with Crippen LogP contribution in [0.25, 0.3) is 11.3 Å².